The van der Waals surface area contributed by atoms with Crippen molar-refractivity contribution in [2.75, 3.05) is 0 Å². The second-order valence-corrected chi connectivity index (χ2v) is 5.90. The molecule has 2 amide bonds. The number of aromatic nitrogens is 1. The maximum absolute atomic E-state index is 12.1. The average molecular weight is 301 g/mol. The maximum Gasteiger partial charge on any atom is 0.270 e. The SMILES string of the molecule is CC(C)(C)NC(=O)c1ccnc(C(=O)NCc2ccco2)c1. The van der Waals surface area contributed by atoms with Crippen LogP contribution in [0.25, 0.3) is 0 Å². The first-order valence-electron chi connectivity index (χ1n) is 6.94. The van der Waals surface area contributed by atoms with E-state index in [0.29, 0.717) is 11.3 Å². The van der Waals surface area contributed by atoms with Crippen LogP contribution in [0.3, 0.4) is 0 Å². The van der Waals surface area contributed by atoms with Crippen molar-refractivity contribution in [3.05, 3.63) is 53.7 Å². The lowest BCUT2D eigenvalue weighted by Gasteiger charge is -2.20. The Morgan fingerprint density at radius 1 is 1.23 bits per heavy atom. The van der Waals surface area contributed by atoms with E-state index in [1.165, 1.54) is 18.5 Å². The van der Waals surface area contributed by atoms with Crippen LogP contribution in [0.4, 0.5) is 0 Å². The van der Waals surface area contributed by atoms with E-state index >= 15 is 0 Å². The molecule has 0 aliphatic heterocycles. The molecule has 22 heavy (non-hydrogen) atoms. The number of furan rings is 1. The minimum atomic E-state index is -0.359. The van der Waals surface area contributed by atoms with Gasteiger partial charge in [-0.2, -0.15) is 0 Å². The van der Waals surface area contributed by atoms with Crippen molar-refractivity contribution in [2.24, 2.45) is 0 Å². The summed E-state index contributed by atoms with van der Waals surface area (Å²) in [4.78, 5) is 28.1. The lowest BCUT2D eigenvalue weighted by Crippen LogP contribution is -2.40. The molecule has 2 N–H and O–H groups in total. The molecule has 6 heteroatoms. The van der Waals surface area contributed by atoms with E-state index in [4.69, 9.17) is 4.42 Å². The number of rotatable bonds is 4. The van der Waals surface area contributed by atoms with Gasteiger partial charge in [0.15, 0.2) is 0 Å². The highest BCUT2D eigenvalue weighted by Crippen LogP contribution is 2.07. The van der Waals surface area contributed by atoms with Gasteiger partial charge in [-0.1, -0.05) is 0 Å². The normalized spacial score (nSPS) is 11.0. The molecule has 0 saturated heterocycles. The van der Waals surface area contributed by atoms with Crippen LogP contribution in [0.15, 0.2) is 41.1 Å². The third kappa shape index (κ3) is 4.44. The summed E-state index contributed by atoms with van der Waals surface area (Å²) < 4.78 is 5.14. The first kappa shape index (κ1) is 15.8. The predicted octanol–water partition coefficient (Wildman–Crippen LogP) is 2.13. The molecule has 116 valence electrons. The van der Waals surface area contributed by atoms with Crippen LogP contribution in [0.1, 0.15) is 47.4 Å². The van der Waals surface area contributed by atoms with Crippen molar-refractivity contribution in [2.45, 2.75) is 32.9 Å². The summed E-state index contributed by atoms with van der Waals surface area (Å²) in [7, 11) is 0. The fourth-order valence-electron chi connectivity index (χ4n) is 1.78. The first-order chi connectivity index (χ1) is 10.3. The van der Waals surface area contributed by atoms with Gasteiger partial charge in [0.2, 0.25) is 0 Å². The van der Waals surface area contributed by atoms with Gasteiger partial charge < -0.3 is 15.1 Å². The molecule has 0 aromatic carbocycles. The smallest absolute Gasteiger partial charge is 0.270 e. The quantitative estimate of drug-likeness (QED) is 0.906. The standard InChI is InChI=1S/C16H19N3O3/c1-16(2,3)19-14(20)11-6-7-17-13(9-11)15(21)18-10-12-5-4-8-22-12/h4-9H,10H2,1-3H3,(H,18,21)(H,19,20). The summed E-state index contributed by atoms with van der Waals surface area (Å²) >= 11 is 0. The van der Waals surface area contributed by atoms with Crippen LogP contribution in [0.2, 0.25) is 0 Å². The second-order valence-electron chi connectivity index (χ2n) is 5.90. The predicted molar refractivity (Wildman–Crippen MR) is 81.3 cm³/mol. The molecule has 0 aliphatic carbocycles. The molecule has 0 radical (unpaired) electrons. The van der Waals surface area contributed by atoms with Gasteiger partial charge in [0.25, 0.3) is 11.8 Å². The molecule has 2 heterocycles. The fourth-order valence-corrected chi connectivity index (χ4v) is 1.78. The van der Waals surface area contributed by atoms with Crippen LogP contribution in [-0.2, 0) is 6.54 Å². The zero-order chi connectivity index (χ0) is 16.2. The summed E-state index contributed by atoms with van der Waals surface area (Å²) in [5.74, 6) is 0.0479. The molecular formula is C16H19N3O3. The molecule has 0 atom stereocenters. The van der Waals surface area contributed by atoms with Crippen LogP contribution in [-0.4, -0.2) is 22.3 Å². The van der Waals surface area contributed by atoms with E-state index in [1.807, 2.05) is 20.8 Å². The van der Waals surface area contributed by atoms with E-state index in [9.17, 15) is 9.59 Å². The van der Waals surface area contributed by atoms with E-state index in [1.54, 1.807) is 18.2 Å². The second kappa shape index (κ2) is 6.43. The Kier molecular flexibility index (Phi) is 4.60. The van der Waals surface area contributed by atoms with E-state index in [-0.39, 0.29) is 29.6 Å². The molecule has 0 aliphatic rings. The maximum atomic E-state index is 12.1. The van der Waals surface area contributed by atoms with Gasteiger partial charge in [0.05, 0.1) is 12.8 Å². The minimum absolute atomic E-state index is 0.188. The third-order valence-electron chi connectivity index (χ3n) is 2.75. The van der Waals surface area contributed by atoms with Crippen LogP contribution < -0.4 is 10.6 Å². The van der Waals surface area contributed by atoms with Gasteiger partial charge in [-0.3, -0.25) is 14.6 Å². The third-order valence-corrected chi connectivity index (χ3v) is 2.75. The molecule has 0 fully saturated rings. The molecule has 2 rings (SSSR count). The van der Waals surface area contributed by atoms with E-state index in [0.717, 1.165) is 0 Å². The molecule has 0 bridgehead atoms. The Balaban J connectivity index is 2.04. The number of carbonyl (C=O) groups excluding carboxylic acids is 2. The Bertz CT molecular complexity index is 658. The Labute approximate surface area is 128 Å². The topological polar surface area (TPSA) is 84.2 Å². The van der Waals surface area contributed by atoms with Crippen molar-refractivity contribution in [3.8, 4) is 0 Å². The lowest BCUT2D eigenvalue weighted by atomic mass is 10.1. The highest BCUT2D eigenvalue weighted by atomic mass is 16.3. The molecular weight excluding hydrogens is 282 g/mol. The summed E-state index contributed by atoms with van der Waals surface area (Å²) in [6.07, 6.45) is 2.98. The van der Waals surface area contributed by atoms with Gasteiger partial charge >= 0.3 is 0 Å². The molecule has 2 aromatic rings. The lowest BCUT2D eigenvalue weighted by molar-refractivity contribution is 0.0919. The summed E-state index contributed by atoms with van der Waals surface area (Å²) in [6.45, 7) is 5.95. The van der Waals surface area contributed by atoms with Crippen molar-refractivity contribution in [3.63, 3.8) is 0 Å². The van der Waals surface area contributed by atoms with Crippen LogP contribution in [0, 0.1) is 0 Å². The van der Waals surface area contributed by atoms with Crippen molar-refractivity contribution < 1.29 is 14.0 Å². The van der Waals surface area contributed by atoms with Gasteiger partial charge in [-0.05, 0) is 45.0 Å². The number of hydrogen-bond donors (Lipinski definition) is 2. The van der Waals surface area contributed by atoms with Gasteiger partial charge in [0.1, 0.15) is 11.5 Å². The monoisotopic (exact) mass is 301 g/mol. The Hall–Kier alpha value is -2.63. The fraction of sp³-hybridized carbons (Fsp3) is 0.312. The van der Waals surface area contributed by atoms with E-state index in [2.05, 4.69) is 15.6 Å². The highest BCUT2D eigenvalue weighted by molar-refractivity contribution is 5.98. The highest BCUT2D eigenvalue weighted by Gasteiger charge is 2.17. The summed E-state index contributed by atoms with van der Waals surface area (Å²) in [5, 5.41) is 5.53. The Morgan fingerprint density at radius 3 is 2.64 bits per heavy atom. The average Bonchev–Trinajstić information content (AvgIpc) is 2.96. The van der Waals surface area contributed by atoms with Crippen molar-refractivity contribution in [1.82, 2.24) is 15.6 Å². The number of nitrogens with one attached hydrogen (secondary N) is 2. The van der Waals surface area contributed by atoms with Crippen molar-refractivity contribution in [1.29, 1.82) is 0 Å². The molecule has 2 aromatic heterocycles. The summed E-state index contributed by atoms with van der Waals surface area (Å²) in [6, 6.07) is 6.56. The number of hydrogen-bond acceptors (Lipinski definition) is 4. The molecule has 0 saturated carbocycles. The number of amides is 2. The Morgan fingerprint density at radius 2 is 2.00 bits per heavy atom. The molecule has 0 spiro atoms. The minimum Gasteiger partial charge on any atom is -0.467 e. The number of pyridine rings is 1. The van der Waals surface area contributed by atoms with Gasteiger partial charge in [-0.15, -0.1) is 0 Å². The van der Waals surface area contributed by atoms with Crippen molar-refractivity contribution >= 4 is 11.8 Å². The zero-order valence-electron chi connectivity index (χ0n) is 12.8. The largest absolute Gasteiger partial charge is 0.467 e. The van der Waals surface area contributed by atoms with Gasteiger partial charge in [-0.25, -0.2) is 0 Å². The molecule has 6 nitrogen and oxygen atoms in total. The number of nitrogens with zero attached hydrogens (tertiary/aromatic N) is 1. The van der Waals surface area contributed by atoms with E-state index < -0.39 is 0 Å². The van der Waals surface area contributed by atoms with Gasteiger partial charge in [0, 0.05) is 17.3 Å². The molecule has 0 unspecified atom stereocenters. The zero-order valence-corrected chi connectivity index (χ0v) is 12.8. The van der Waals surface area contributed by atoms with Crippen LogP contribution >= 0.6 is 0 Å². The van der Waals surface area contributed by atoms with Crippen LogP contribution in [0.5, 0.6) is 0 Å². The first-order valence-corrected chi connectivity index (χ1v) is 6.94. The summed E-state index contributed by atoms with van der Waals surface area (Å²) in [5.41, 5.74) is 0.239. The number of carbonyl (C=O) groups is 2.